The maximum absolute atomic E-state index is 11.5. The number of nitrogens with two attached hydrogens (primary N) is 1. The minimum atomic E-state index is -0.383. The van der Waals surface area contributed by atoms with Crippen LogP contribution in [-0.2, 0) is 6.42 Å². The van der Waals surface area contributed by atoms with Gasteiger partial charge in [-0.15, -0.1) is 0 Å². The van der Waals surface area contributed by atoms with Gasteiger partial charge in [-0.05, 0) is 99.8 Å². The number of unbranched alkanes of at least 4 members (excludes halogenated alkanes) is 1. The fraction of sp³-hybridized carbons (Fsp3) is 0.333. The first kappa shape index (κ1) is 21.3. The Hall–Kier alpha value is -3.56. The summed E-state index contributed by atoms with van der Waals surface area (Å²) in [6.07, 6.45) is 7.67. The topological polar surface area (TPSA) is 102 Å². The minimum absolute atomic E-state index is 0.383. The lowest BCUT2D eigenvalue weighted by molar-refractivity contribution is 0.100. The molecule has 0 saturated carbocycles. The van der Waals surface area contributed by atoms with Gasteiger partial charge in [-0.3, -0.25) is 4.79 Å². The van der Waals surface area contributed by atoms with Gasteiger partial charge in [0, 0.05) is 45.2 Å². The van der Waals surface area contributed by atoms with E-state index in [1.54, 1.807) is 6.07 Å². The summed E-state index contributed by atoms with van der Waals surface area (Å²) in [5, 5.41) is 11.4. The molecule has 0 atom stereocenters. The molecular weight excluding hydrogens is 410 g/mol. The predicted octanol–water partition coefficient (Wildman–Crippen LogP) is 4.82. The van der Waals surface area contributed by atoms with E-state index in [-0.39, 0.29) is 5.91 Å². The van der Waals surface area contributed by atoms with E-state index < -0.39 is 0 Å². The Morgan fingerprint density at radius 3 is 2.70 bits per heavy atom. The summed E-state index contributed by atoms with van der Waals surface area (Å²) in [5.74, 6) is 0.177. The third kappa shape index (κ3) is 4.50. The second-order valence-electron chi connectivity index (χ2n) is 9.15. The molecule has 0 spiro atoms. The number of nitrogens with one attached hydrogen (secondary N) is 2. The molecule has 0 aliphatic carbocycles. The second-order valence-corrected chi connectivity index (χ2v) is 9.15. The zero-order valence-corrected chi connectivity index (χ0v) is 18.7. The van der Waals surface area contributed by atoms with Crippen molar-refractivity contribution in [2.75, 3.05) is 19.6 Å². The quantitative estimate of drug-likeness (QED) is 0.360. The third-order valence-corrected chi connectivity index (χ3v) is 7.02. The van der Waals surface area contributed by atoms with Gasteiger partial charge in [0.05, 0.1) is 11.6 Å². The second kappa shape index (κ2) is 9.13. The van der Waals surface area contributed by atoms with E-state index in [4.69, 9.17) is 11.0 Å². The number of carbonyl (C=O) groups excluding carboxylic acids is 1. The molecule has 6 nitrogen and oxygen atoms in total. The highest BCUT2D eigenvalue weighted by Crippen LogP contribution is 2.30. The molecule has 1 aliphatic rings. The Morgan fingerprint density at radius 1 is 1.09 bits per heavy atom. The highest BCUT2D eigenvalue weighted by Gasteiger charge is 2.21. The highest BCUT2D eigenvalue weighted by molar-refractivity contribution is 5.97. The Kier molecular flexibility index (Phi) is 5.89. The van der Waals surface area contributed by atoms with E-state index in [1.165, 1.54) is 11.3 Å². The Labute approximate surface area is 193 Å². The lowest BCUT2D eigenvalue weighted by Crippen LogP contribution is -2.33. The summed E-state index contributed by atoms with van der Waals surface area (Å²) in [4.78, 5) is 20.9. The van der Waals surface area contributed by atoms with Crippen LogP contribution >= 0.6 is 0 Å². The standard InChI is InChI=1S/C27H29N5O/c28-16-18-4-6-24-22(13-18)15-26(31-24)19-8-11-32(12-9-19)10-2-1-3-21-17-30-25-7-5-20(27(29)33)14-23(21)25/h4-7,13-15,17,19,30-31H,1-3,8-12H2,(H2,29,33). The smallest absolute Gasteiger partial charge is 0.248 e. The number of likely N-dealkylation sites (tertiary alicyclic amines) is 1. The van der Waals surface area contributed by atoms with Crippen LogP contribution in [0.2, 0.25) is 0 Å². The fourth-order valence-electron chi connectivity index (χ4n) is 5.10. The normalized spacial score (nSPS) is 15.2. The molecule has 1 saturated heterocycles. The number of carbonyl (C=O) groups is 1. The number of fused-ring (bicyclic) bond motifs is 2. The SMILES string of the molecule is N#Cc1ccc2[nH]c(C3CCN(CCCCc4c[nH]c5ccc(C(N)=O)cc45)CC3)cc2c1. The van der Waals surface area contributed by atoms with Crippen molar-refractivity contribution < 1.29 is 4.79 Å². The first-order valence-electron chi connectivity index (χ1n) is 11.8. The lowest BCUT2D eigenvalue weighted by atomic mass is 9.93. The molecule has 4 N–H and O–H groups in total. The molecular formula is C27H29N5O. The lowest BCUT2D eigenvalue weighted by Gasteiger charge is -2.31. The summed E-state index contributed by atoms with van der Waals surface area (Å²) < 4.78 is 0. The van der Waals surface area contributed by atoms with Crippen LogP contribution in [0.4, 0.5) is 0 Å². The van der Waals surface area contributed by atoms with Crippen molar-refractivity contribution >= 4 is 27.7 Å². The number of benzene rings is 2. The van der Waals surface area contributed by atoms with E-state index >= 15 is 0 Å². The number of hydrogen-bond donors (Lipinski definition) is 3. The minimum Gasteiger partial charge on any atom is -0.366 e. The van der Waals surface area contributed by atoms with Gasteiger partial charge in [0.1, 0.15) is 0 Å². The molecule has 1 amide bonds. The van der Waals surface area contributed by atoms with Crippen molar-refractivity contribution in [3.05, 3.63) is 71.0 Å². The number of aromatic nitrogens is 2. The van der Waals surface area contributed by atoms with Gasteiger partial charge in [-0.1, -0.05) is 0 Å². The molecule has 0 unspecified atom stereocenters. The van der Waals surface area contributed by atoms with Crippen LogP contribution in [0.3, 0.4) is 0 Å². The van der Waals surface area contributed by atoms with Crippen molar-refractivity contribution in [3.8, 4) is 6.07 Å². The summed E-state index contributed by atoms with van der Waals surface area (Å²) >= 11 is 0. The molecule has 1 aliphatic heterocycles. The molecule has 2 aromatic carbocycles. The molecule has 3 heterocycles. The molecule has 6 heteroatoms. The monoisotopic (exact) mass is 439 g/mol. The maximum Gasteiger partial charge on any atom is 0.248 e. The zero-order chi connectivity index (χ0) is 22.8. The molecule has 33 heavy (non-hydrogen) atoms. The number of aryl methyl sites for hydroxylation is 1. The molecule has 2 aromatic heterocycles. The molecule has 1 fully saturated rings. The number of piperidine rings is 1. The van der Waals surface area contributed by atoms with Gasteiger partial charge in [-0.25, -0.2) is 0 Å². The van der Waals surface area contributed by atoms with Crippen LogP contribution in [0.5, 0.6) is 0 Å². The van der Waals surface area contributed by atoms with E-state index in [9.17, 15) is 4.79 Å². The highest BCUT2D eigenvalue weighted by atomic mass is 16.1. The van der Waals surface area contributed by atoms with Crippen molar-refractivity contribution in [1.29, 1.82) is 5.26 Å². The number of nitrogens with zero attached hydrogens (tertiary/aromatic N) is 2. The van der Waals surface area contributed by atoms with Crippen LogP contribution in [0.1, 0.15) is 58.8 Å². The van der Waals surface area contributed by atoms with Gasteiger partial charge in [0.15, 0.2) is 0 Å². The fourth-order valence-corrected chi connectivity index (χ4v) is 5.10. The first-order chi connectivity index (χ1) is 16.1. The third-order valence-electron chi connectivity index (χ3n) is 7.02. The van der Waals surface area contributed by atoms with E-state index in [0.29, 0.717) is 17.0 Å². The van der Waals surface area contributed by atoms with Gasteiger partial charge < -0.3 is 20.6 Å². The largest absolute Gasteiger partial charge is 0.366 e. The Balaban J connectivity index is 1.11. The number of rotatable bonds is 7. The van der Waals surface area contributed by atoms with Gasteiger partial charge in [0.25, 0.3) is 0 Å². The van der Waals surface area contributed by atoms with Crippen LogP contribution in [0.25, 0.3) is 21.8 Å². The predicted molar refractivity (Wildman–Crippen MR) is 131 cm³/mol. The molecule has 0 radical (unpaired) electrons. The number of H-pyrrole nitrogens is 2. The number of amides is 1. The maximum atomic E-state index is 11.5. The summed E-state index contributed by atoms with van der Waals surface area (Å²) in [7, 11) is 0. The van der Waals surface area contributed by atoms with Crippen LogP contribution < -0.4 is 5.73 Å². The van der Waals surface area contributed by atoms with Crippen LogP contribution in [0.15, 0.2) is 48.7 Å². The number of nitriles is 1. The van der Waals surface area contributed by atoms with Crippen molar-refractivity contribution in [3.63, 3.8) is 0 Å². The number of aromatic amines is 2. The molecule has 0 bridgehead atoms. The summed E-state index contributed by atoms with van der Waals surface area (Å²) in [6.45, 7) is 3.37. The molecule has 5 rings (SSSR count). The van der Waals surface area contributed by atoms with E-state index in [2.05, 4.69) is 33.2 Å². The Bertz CT molecular complexity index is 1330. The average Bonchev–Trinajstić information content (AvgIpc) is 3.45. The number of primary amides is 1. The van der Waals surface area contributed by atoms with Crippen molar-refractivity contribution in [1.82, 2.24) is 14.9 Å². The van der Waals surface area contributed by atoms with Crippen molar-refractivity contribution in [2.45, 2.75) is 38.0 Å². The number of hydrogen-bond acceptors (Lipinski definition) is 3. The van der Waals surface area contributed by atoms with Crippen LogP contribution in [0, 0.1) is 11.3 Å². The Morgan fingerprint density at radius 2 is 1.91 bits per heavy atom. The van der Waals surface area contributed by atoms with Gasteiger partial charge in [-0.2, -0.15) is 5.26 Å². The summed E-state index contributed by atoms with van der Waals surface area (Å²) in [5.41, 5.74) is 11.4. The van der Waals surface area contributed by atoms with Crippen molar-refractivity contribution in [2.24, 2.45) is 5.73 Å². The zero-order valence-electron chi connectivity index (χ0n) is 18.7. The van der Waals surface area contributed by atoms with Crippen LogP contribution in [-0.4, -0.2) is 40.4 Å². The average molecular weight is 440 g/mol. The van der Waals surface area contributed by atoms with Gasteiger partial charge >= 0.3 is 0 Å². The molecule has 168 valence electrons. The van der Waals surface area contributed by atoms with Gasteiger partial charge in [0.2, 0.25) is 5.91 Å². The summed E-state index contributed by atoms with van der Waals surface area (Å²) in [6, 6.07) is 15.9. The van der Waals surface area contributed by atoms with E-state index in [1.807, 2.05) is 30.3 Å². The first-order valence-corrected chi connectivity index (χ1v) is 11.8. The van der Waals surface area contributed by atoms with E-state index in [0.717, 1.165) is 73.5 Å². The molecule has 4 aromatic rings.